The van der Waals surface area contributed by atoms with Gasteiger partial charge in [0.05, 0.1) is 23.6 Å². The number of nitrogens with one attached hydrogen (secondary N) is 1. The molecule has 4 heterocycles. The van der Waals surface area contributed by atoms with Crippen LogP contribution in [0.15, 0.2) is 41.1 Å². The lowest BCUT2D eigenvalue weighted by molar-refractivity contribution is -0.132. The van der Waals surface area contributed by atoms with Gasteiger partial charge in [0.15, 0.2) is 5.82 Å². The lowest BCUT2D eigenvalue weighted by Crippen LogP contribution is -2.31. The molecule has 0 spiro atoms. The highest BCUT2D eigenvalue weighted by Crippen LogP contribution is 2.32. The van der Waals surface area contributed by atoms with Crippen LogP contribution in [0.2, 0.25) is 0 Å². The Labute approximate surface area is 169 Å². The summed E-state index contributed by atoms with van der Waals surface area (Å²) in [5.41, 5.74) is 2.73. The molecule has 0 bridgehead atoms. The first-order valence-electron chi connectivity index (χ1n) is 9.84. The molecule has 1 N–H and O–H groups in total. The number of anilines is 2. The van der Waals surface area contributed by atoms with Crippen molar-refractivity contribution in [2.24, 2.45) is 0 Å². The molecule has 1 aliphatic heterocycles. The van der Waals surface area contributed by atoms with Gasteiger partial charge in [-0.3, -0.25) is 9.78 Å². The highest BCUT2D eigenvalue weighted by atomic mass is 16.5. The highest BCUT2D eigenvalue weighted by Gasteiger charge is 2.30. The summed E-state index contributed by atoms with van der Waals surface area (Å²) in [5, 5.41) is 7.03. The van der Waals surface area contributed by atoms with Crippen LogP contribution in [0.25, 0.3) is 0 Å². The average Bonchev–Trinajstić information content (AvgIpc) is 3.36. The Morgan fingerprint density at radius 2 is 2.14 bits per heavy atom. The Morgan fingerprint density at radius 1 is 1.24 bits per heavy atom. The van der Waals surface area contributed by atoms with E-state index in [4.69, 9.17) is 4.52 Å². The van der Waals surface area contributed by atoms with Gasteiger partial charge < -0.3 is 14.7 Å². The Balaban J connectivity index is 1.39. The zero-order valence-electron chi connectivity index (χ0n) is 16.6. The number of aryl methyl sites for hydroxylation is 3. The van der Waals surface area contributed by atoms with Gasteiger partial charge in [0.25, 0.3) is 0 Å². The third kappa shape index (κ3) is 4.59. The normalized spacial score (nSPS) is 16.2. The van der Waals surface area contributed by atoms with Crippen molar-refractivity contribution in [2.75, 3.05) is 11.9 Å². The maximum atomic E-state index is 12.7. The lowest BCUT2D eigenvalue weighted by Gasteiger charge is -2.24. The molecule has 0 aliphatic carbocycles. The minimum atomic E-state index is 0.0121. The van der Waals surface area contributed by atoms with Gasteiger partial charge in [0.2, 0.25) is 11.8 Å². The van der Waals surface area contributed by atoms with E-state index in [0.717, 1.165) is 42.3 Å². The molecule has 0 unspecified atom stereocenters. The van der Waals surface area contributed by atoms with Gasteiger partial charge in [0, 0.05) is 25.1 Å². The van der Waals surface area contributed by atoms with Gasteiger partial charge in [-0.2, -0.15) is 4.98 Å². The number of carbonyl (C=O) groups excluding carboxylic acids is 1. The average molecular weight is 392 g/mol. The van der Waals surface area contributed by atoms with Gasteiger partial charge in [-0.05, 0) is 51.0 Å². The molecule has 0 saturated carbocycles. The van der Waals surface area contributed by atoms with Gasteiger partial charge in [-0.25, -0.2) is 4.98 Å². The monoisotopic (exact) mass is 392 g/mol. The molecule has 3 aromatic rings. The van der Waals surface area contributed by atoms with Crippen LogP contribution in [0.5, 0.6) is 0 Å². The summed E-state index contributed by atoms with van der Waals surface area (Å²) in [6.07, 6.45) is 4.51. The second kappa shape index (κ2) is 8.38. The van der Waals surface area contributed by atoms with Crippen LogP contribution in [0.3, 0.4) is 0 Å². The fourth-order valence-corrected chi connectivity index (χ4v) is 3.61. The summed E-state index contributed by atoms with van der Waals surface area (Å²) in [4.78, 5) is 27.9. The Morgan fingerprint density at radius 3 is 2.86 bits per heavy atom. The van der Waals surface area contributed by atoms with Gasteiger partial charge in [-0.1, -0.05) is 11.2 Å². The molecule has 4 rings (SSSR count). The molecule has 0 aromatic carbocycles. The molecule has 29 heavy (non-hydrogen) atoms. The standard InChI is InChI=1S/C21H24N6O2/c1-14-5-3-7-19(23-14)25-16-8-9-17(22-13-16)18-6-4-12-27(18)21(28)11-10-20-24-15(2)26-29-20/h3,5,7-9,13,18H,4,6,10-12H2,1-2H3,(H,23,25)/t18-/m1/s1. The summed E-state index contributed by atoms with van der Waals surface area (Å²) in [5.74, 6) is 1.97. The van der Waals surface area contributed by atoms with Crippen molar-refractivity contribution in [3.05, 3.63) is 59.6 Å². The van der Waals surface area contributed by atoms with Crippen LogP contribution in [0.1, 0.15) is 48.4 Å². The zero-order chi connectivity index (χ0) is 20.2. The molecule has 1 fully saturated rings. The van der Waals surface area contributed by atoms with E-state index in [1.165, 1.54) is 0 Å². The largest absolute Gasteiger partial charge is 0.339 e. The van der Waals surface area contributed by atoms with Crippen LogP contribution >= 0.6 is 0 Å². The predicted molar refractivity (Wildman–Crippen MR) is 108 cm³/mol. The summed E-state index contributed by atoms with van der Waals surface area (Å²) >= 11 is 0. The predicted octanol–water partition coefficient (Wildman–Crippen LogP) is 3.52. The lowest BCUT2D eigenvalue weighted by atomic mass is 10.1. The van der Waals surface area contributed by atoms with Crippen molar-refractivity contribution in [1.29, 1.82) is 0 Å². The third-order valence-corrected chi connectivity index (χ3v) is 4.98. The van der Waals surface area contributed by atoms with Crippen LogP contribution in [-0.2, 0) is 11.2 Å². The number of likely N-dealkylation sites (tertiary alicyclic amines) is 1. The van der Waals surface area contributed by atoms with E-state index in [1.54, 1.807) is 13.1 Å². The number of amides is 1. The maximum absolute atomic E-state index is 12.7. The van der Waals surface area contributed by atoms with Crippen molar-refractivity contribution in [1.82, 2.24) is 25.0 Å². The van der Waals surface area contributed by atoms with Gasteiger partial charge in [-0.15, -0.1) is 0 Å². The van der Waals surface area contributed by atoms with Crippen molar-refractivity contribution >= 4 is 17.4 Å². The van der Waals surface area contributed by atoms with E-state index in [9.17, 15) is 4.79 Å². The first kappa shape index (κ1) is 19.0. The molecule has 1 saturated heterocycles. The summed E-state index contributed by atoms with van der Waals surface area (Å²) in [6, 6.07) is 9.81. The zero-order valence-corrected chi connectivity index (χ0v) is 16.6. The van der Waals surface area contributed by atoms with Crippen LogP contribution in [-0.4, -0.2) is 37.5 Å². The quantitative estimate of drug-likeness (QED) is 0.685. The van der Waals surface area contributed by atoms with Crippen LogP contribution < -0.4 is 5.32 Å². The summed E-state index contributed by atoms with van der Waals surface area (Å²) in [6.45, 7) is 4.48. The van der Waals surface area contributed by atoms with Crippen molar-refractivity contribution < 1.29 is 9.32 Å². The second-order valence-corrected chi connectivity index (χ2v) is 7.24. The smallest absolute Gasteiger partial charge is 0.227 e. The van der Waals surface area contributed by atoms with E-state index >= 15 is 0 Å². The SMILES string of the molecule is Cc1cccc(Nc2ccc([C@H]3CCCN3C(=O)CCc3nc(C)no3)nc2)n1. The number of hydrogen-bond donors (Lipinski definition) is 1. The van der Waals surface area contributed by atoms with Gasteiger partial charge >= 0.3 is 0 Å². The van der Waals surface area contributed by atoms with Crippen molar-refractivity contribution in [3.63, 3.8) is 0 Å². The van der Waals surface area contributed by atoms with Gasteiger partial charge in [0.1, 0.15) is 5.82 Å². The molecular weight excluding hydrogens is 368 g/mol. The maximum Gasteiger partial charge on any atom is 0.227 e. The van der Waals surface area contributed by atoms with E-state index < -0.39 is 0 Å². The molecule has 8 nitrogen and oxygen atoms in total. The molecule has 0 radical (unpaired) electrons. The number of pyridine rings is 2. The molecule has 1 aliphatic rings. The Kier molecular flexibility index (Phi) is 5.50. The number of nitrogens with zero attached hydrogens (tertiary/aromatic N) is 5. The minimum Gasteiger partial charge on any atom is -0.339 e. The second-order valence-electron chi connectivity index (χ2n) is 7.24. The Bertz CT molecular complexity index is 985. The molecule has 8 heteroatoms. The molecule has 3 aromatic heterocycles. The van der Waals surface area contributed by atoms with Crippen molar-refractivity contribution in [2.45, 2.75) is 45.6 Å². The van der Waals surface area contributed by atoms with E-state index in [2.05, 4.69) is 25.4 Å². The number of aromatic nitrogens is 4. The topological polar surface area (TPSA) is 97.0 Å². The van der Waals surface area contributed by atoms with Crippen LogP contribution in [0.4, 0.5) is 11.5 Å². The molecule has 1 amide bonds. The molecular formula is C21H24N6O2. The van der Waals surface area contributed by atoms with E-state index in [0.29, 0.717) is 24.6 Å². The highest BCUT2D eigenvalue weighted by molar-refractivity contribution is 5.77. The first-order valence-corrected chi connectivity index (χ1v) is 9.84. The fraction of sp³-hybridized carbons (Fsp3) is 0.381. The Hall–Kier alpha value is -3.29. The minimum absolute atomic E-state index is 0.0121. The van der Waals surface area contributed by atoms with E-state index in [1.807, 2.05) is 42.2 Å². The van der Waals surface area contributed by atoms with Crippen LogP contribution in [0, 0.1) is 13.8 Å². The summed E-state index contributed by atoms with van der Waals surface area (Å²) in [7, 11) is 0. The molecule has 1 atom stereocenters. The van der Waals surface area contributed by atoms with Crippen molar-refractivity contribution in [3.8, 4) is 0 Å². The number of rotatable bonds is 6. The van der Waals surface area contributed by atoms with E-state index in [-0.39, 0.29) is 11.9 Å². The fourth-order valence-electron chi connectivity index (χ4n) is 3.61. The number of carbonyl (C=O) groups is 1. The molecule has 150 valence electrons. The third-order valence-electron chi connectivity index (χ3n) is 4.98. The summed E-state index contributed by atoms with van der Waals surface area (Å²) < 4.78 is 5.10. The first-order chi connectivity index (χ1) is 14.1. The number of hydrogen-bond acceptors (Lipinski definition) is 7.